The van der Waals surface area contributed by atoms with Gasteiger partial charge in [-0.15, -0.1) is 17.7 Å². The molecule has 0 saturated carbocycles. The zero-order valence-electron chi connectivity index (χ0n) is 25.2. The number of aliphatic hydroxyl groups is 1. The molecule has 2 atom stereocenters. The fourth-order valence-electron chi connectivity index (χ4n) is 5.94. The van der Waals surface area contributed by atoms with E-state index in [-0.39, 0.29) is 12.3 Å². The molecule has 5 rings (SSSR count). The van der Waals surface area contributed by atoms with Crippen molar-refractivity contribution in [3.05, 3.63) is 89.5 Å². The minimum atomic E-state index is -0.787. The molecule has 6 nitrogen and oxygen atoms in total. The predicted octanol–water partition coefficient (Wildman–Crippen LogP) is 5.85. The van der Waals surface area contributed by atoms with E-state index in [0.717, 1.165) is 56.0 Å². The van der Waals surface area contributed by atoms with Gasteiger partial charge < -0.3 is 9.84 Å². The van der Waals surface area contributed by atoms with E-state index in [9.17, 15) is 9.90 Å². The molecule has 3 aromatic carbocycles. The number of nitrogens with one attached hydrogen (secondary N) is 1. The largest absolute Gasteiger partial charge is 0.579 e. The van der Waals surface area contributed by atoms with E-state index in [1.165, 1.54) is 25.9 Å². The Kier molecular flexibility index (Phi) is 10.4. The molecule has 1 fully saturated rings. The van der Waals surface area contributed by atoms with Gasteiger partial charge in [0.2, 0.25) is 0 Å². The third-order valence-electron chi connectivity index (χ3n) is 8.35. The van der Waals surface area contributed by atoms with Gasteiger partial charge in [0, 0.05) is 37.3 Å². The Morgan fingerprint density at radius 3 is 2.42 bits per heavy atom. The van der Waals surface area contributed by atoms with Crippen LogP contribution in [0.15, 0.2) is 72.8 Å². The van der Waals surface area contributed by atoms with Gasteiger partial charge in [-0.2, -0.15) is 4.98 Å². The molecule has 0 radical (unpaired) electrons. The van der Waals surface area contributed by atoms with Gasteiger partial charge >= 0.3 is 5.97 Å². The Balaban J connectivity index is 1.13. The van der Waals surface area contributed by atoms with E-state index in [1.54, 1.807) is 11.8 Å². The maximum atomic E-state index is 11.6. The molecular weight excluding hydrogens is 575 g/mol. The summed E-state index contributed by atoms with van der Waals surface area (Å²) in [5.41, 5.74) is 4.65. The number of thioether (sulfide) groups is 1. The molecule has 1 saturated heterocycles. The number of rotatable bonds is 12. The van der Waals surface area contributed by atoms with Gasteiger partial charge in [0.1, 0.15) is 4.75 Å². The van der Waals surface area contributed by atoms with E-state index in [1.807, 2.05) is 43.6 Å². The number of carbonyl (C=O) groups is 1. The van der Waals surface area contributed by atoms with Crippen molar-refractivity contribution in [2.75, 3.05) is 32.4 Å². The summed E-state index contributed by atoms with van der Waals surface area (Å²) in [6.45, 7) is 9.73. The van der Waals surface area contributed by atoms with E-state index in [0.29, 0.717) is 6.61 Å². The highest BCUT2D eigenvalue weighted by atomic mass is 32.2. The van der Waals surface area contributed by atoms with Crippen molar-refractivity contribution in [3.63, 3.8) is 0 Å². The summed E-state index contributed by atoms with van der Waals surface area (Å²) in [7, 11) is 0. The Labute approximate surface area is 263 Å². The minimum absolute atomic E-state index is 0.0857. The number of aliphatic carboxylic acids is 1. The van der Waals surface area contributed by atoms with Crippen LogP contribution in [-0.4, -0.2) is 58.1 Å². The minimum Gasteiger partial charge on any atom is -0.579 e. The number of benzene rings is 3. The van der Waals surface area contributed by atoms with Crippen LogP contribution >= 0.6 is 23.1 Å². The van der Waals surface area contributed by atoms with Crippen LogP contribution in [0.25, 0.3) is 10.2 Å². The number of aromatic nitrogens is 1. The third kappa shape index (κ3) is 7.42. The summed E-state index contributed by atoms with van der Waals surface area (Å²) in [5.74, 6) is 6.45. The quantitative estimate of drug-likeness (QED) is 0.155. The first kappa shape index (κ1) is 31.1. The number of ether oxygens (including phenoxy) is 1. The first-order chi connectivity index (χ1) is 20.9. The number of carboxylic acid groups (broad SMARTS) is 1. The number of hydrogen-bond acceptors (Lipinski definition) is 5. The average Bonchev–Trinajstić information content (AvgIpc) is 3.47. The van der Waals surface area contributed by atoms with Crippen molar-refractivity contribution in [2.45, 2.75) is 44.6 Å². The van der Waals surface area contributed by atoms with Crippen molar-refractivity contribution < 1.29 is 19.5 Å². The molecule has 43 heavy (non-hydrogen) atoms. The second-order valence-corrected chi connectivity index (χ2v) is 13.1. The smallest absolute Gasteiger partial charge is 0.303 e. The summed E-state index contributed by atoms with van der Waals surface area (Å²) in [6.07, 6.45) is 2.85. The first-order valence-corrected chi connectivity index (χ1v) is 17.0. The highest BCUT2D eigenvalue weighted by Gasteiger charge is 2.39. The Bertz CT molecular complexity index is 1530. The van der Waals surface area contributed by atoms with Gasteiger partial charge in [0.05, 0.1) is 29.7 Å². The standard InChI is InChI=1S/C35H39N3O3S2/c1-4-18-35(42-3,28(5-2)23-33(39)40)29-14-16-30(17-15-29)41-25-27-12-10-26(11-13-27)24-37-19-21-38(22-20-37)34-36-31-8-6-7-9-32(31)43-34/h6-17,28H,5,19-25H2,1-3H3,(H,39,40)/p+2/t28?,35-/m0/s1. The molecule has 0 spiro atoms. The Morgan fingerprint density at radius 1 is 1.09 bits per heavy atom. The fraction of sp³-hybridized carbons (Fsp3) is 0.371. The lowest BCUT2D eigenvalue weighted by Crippen LogP contribution is -3.10. The van der Waals surface area contributed by atoms with Gasteiger partial charge in [-0.1, -0.05) is 54.9 Å². The number of quaternary nitrogens is 1. The van der Waals surface area contributed by atoms with Gasteiger partial charge in [0.15, 0.2) is 6.61 Å². The number of para-hydroxylation sites is 1. The molecule has 0 bridgehead atoms. The van der Waals surface area contributed by atoms with E-state index >= 15 is 0 Å². The SMILES string of the molecule is CC#C[C@@](SC)(c1ccc([OH+]Cc2ccc(CN3CC[NH+](c4nc5ccccc5s4)CC3)cc2)cc1)C(CC)CC(=O)O. The van der Waals surface area contributed by atoms with Crippen LogP contribution < -0.4 is 4.90 Å². The molecule has 1 aliphatic heterocycles. The molecule has 224 valence electrons. The summed E-state index contributed by atoms with van der Waals surface area (Å²) in [6, 6.07) is 25.4. The van der Waals surface area contributed by atoms with Crippen LogP contribution in [0, 0.1) is 17.8 Å². The summed E-state index contributed by atoms with van der Waals surface area (Å²) < 4.78 is 5.54. The van der Waals surface area contributed by atoms with Crippen molar-refractivity contribution in [1.82, 2.24) is 9.88 Å². The summed E-state index contributed by atoms with van der Waals surface area (Å²) >= 11 is 3.44. The summed E-state index contributed by atoms with van der Waals surface area (Å²) in [5, 5.41) is 10.7. The molecule has 8 heteroatoms. The van der Waals surface area contributed by atoms with Gasteiger partial charge in [0.25, 0.3) is 10.9 Å². The second-order valence-electron chi connectivity index (χ2n) is 11.1. The van der Waals surface area contributed by atoms with Gasteiger partial charge in [-0.25, -0.2) is 0 Å². The average molecular weight is 616 g/mol. The van der Waals surface area contributed by atoms with Crippen LogP contribution in [0.1, 0.15) is 43.4 Å². The molecule has 2 heterocycles. The Morgan fingerprint density at radius 2 is 1.79 bits per heavy atom. The van der Waals surface area contributed by atoms with Crippen molar-refractivity contribution >= 4 is 44.4 Å². The van der Waals surface area contributed by atoms with Crippen LogP contribution in [-0.2, 0) is 22.7 Å². The summed E-state index contributed by atoms with van der Waals surface area (Å²) in [4.78, 5) is 20.5. The molecule has 0 amide bonds. The van der Waals surface area contributed by atoms with Crippen molar-refractivity contribution in [3.8, 4) is 17.6 Å². The zero-order chi connectivity index (χ0) is 30.2. The highest BCUT2D eigenvalue weighted by molar-refractivity contribution is 7.99. The molecule has 1 unspecified atom stereocenters. The lowest BCUT2D eigenvalue weighted by Gasteiger charge is -2.34. The first-order valence-electron chi connectivity index (χ1n) is 14.9. The van der Waals surface area contributed by atoms with E-state index < -0.39 is 10.7 Å². The Hall–Kier alpha value is -3.35. The van der Waals surface area contributed by atoms with Gasteiger partial charge in [-0.3, -0.25) is 14.6 Å². The normalized spacial score (nSPS) is 16.3. The zero-order valence-corrected chi connectivity index (χ0v) is 26.8. The molecule has 4 aromatic rings. The monoisotopic (exact) mass is 615 g/mol. The number of fused-ring (bicyclic) bond motifs is 1. The van der Waals surface area contributed by atoms with Crippen LogP contribution in [0.3, 0.4) is 0 Å². The molecule has 1 aromatic heterocycles. The third-order valence-corrected chi connectivity index (χ3v) is 10.8. The van der Waals surface area contributed by atoms with Crippen LogP contribution in [0.4, 0.5) is 5.13 Å². The van der Waals surface area contributed by atoms with Crippen LogP contribution in [0.2, 0.25) is 0 Å². The lowest BCUT2D eigenvalue weighted by molar-refractivity contribution is -0.837. The van der Waals surface area contributed by atoms with Crippen LogP contribution in [0.5, 0.6) is 5.75 Å². The molecule has 1 aliphatic rings. The fourth-order valence-corrected chi connectivity index (χ4v) is 8.17. The number of thiazole rings is 1. The lowest BCUT2D eigenvalue weighted by atomic mass is 9.81. The maximum Gasteiger partial charge on any atom is 0.303 e. The number of nitrogens with zero attached hydrogens (tertiary/aromatic N) is 2. The molecule has 3 N–H and O–H groups in total. The highest BCUT2D eigenvalue weighted by Crippen LogP contribution is 2.45. The molecule has 0 aliphatic carbocycles. The number of piperazine rings is 1. The van der Waals surface area contributed by atoms with Crippen molar-refractivity contribution in [1.29, 1.82) is 0 Å². The van der Waals surface area contributed by atoms with E-state index in [4.69, 9.17) is 9.72 Å². The predicted molar refractivity (Wildman–Crippen MR) is 178 cm³/mol. The number of hydrogen-bond donors (Lipinski definition) is 2. The van der Waals surface area contributed by atoms with E-state index in [2.05, 4.69) is 77.4 Å². The molecular formula is C35H41N3O3S2+2. The second kappa shape index (κ2) is 14.4. The van der Waals surface area contributed by atoms with Crippen molar-refractivity contribution in [2.24, 2.45) is 5.92 Å². The maximum absolute atomic E-state index is 11.6. The number of carboxylic acids is 1. The topological polar surface area (TPSA) is 70.7 Å². The number of aromatic hydroxyl groups is 1. The van der Waals surface area contributed by atoms with Gasteiger partial charge in [-0.05, 0) is 66.6 Å².